The van der Waals surface area contributed by atoms with Gasteiger partial charge in [0.15, 0.2) is 0 Å². The summed E-state index contributed by atoms with van der Waals surface area (Å²) < 4.78 is 25.1. The van der Waals surface area contributed by atoms with Crippen LogP contribution >= 0.6 is 0 Å². The van der Waals surface area contributed by atoms with Crippen molar-refractivity contribution in [3.8, 4) is 0 Å². The quantitative estimate of drug-likeness (QED) is 0.644. The maximum absolute atomic E-state index is 11.7. The lowest BCUT2D eigenvalue weighted by Crippen LogP contribution is -2.47. The summed E-state index contributed by atoms with van der Waals surface area (Å²) in [5.41, 5.74) is 0. The van der Waals surface area contributed by atoms with Gasteiger partial charge in [-0.2, -0.15) is 4.31 Å². The van der Waals surface area contributed by atoms with Crippen LogP contribution in [0, 0.1) is 0 Å². The molecule has 0 aliphatic carbocycles. The fraction of sp³-hybridized carbons (Fsp3) is 1.00. The van der Waals surface area contributed by atoms with Gasteiger partial charge in [0.1, 0.15) is 0 Å². The third-order valence-corrected chi connectivity index (χ3v) is 5.44. The molecule has 0 aromatic carbocycles. The first-order valence-corrected chi connectivity index (χ1v) is 9.53. The molecule has 0 spiro atoms. The molecule has 114 valence electrons. The van der Waals surface area contributed by atoms with Crippen LogP contribution in [0.3, 0.4) is 0 Å². The second-order valence-corrected chi connectivity index (χ2v) is 7.53. The molecule has 0 amide bonds. The van der Waals surface area contributed by atoms with E-state index in [4.69, 9.17) is 0 Å². The molecule has 4 nitrogen and oxygen atoms in total. The molecular weight excluding hydrogens is 260 g/mol. The summed E-state index contributed by atoms with van der Waals surface area (Å²) in [6, 6.07) is 0.215. The predicted octanol–water partition coefficient (Wildman–Crippen LogP) is 2.31. The number of hydrogen-bond acceptors (Lipinski definition) is 3. The van der Waals surface area contributed by atoms with E-state index < -0.39 is 10.0 Å². The van der Waals surface area contributed by atoms with E-state index in [1.54, 1.807) is 4.31 Å². The van der Waals surface area contributed by atoms with Gasteiger partial charge in [-0.05, 0) is 38.9 Å². The number of unbranched alkanes of at least 4 members (excludes halogenated alkanes) is 3. The minimum atomic E-state index is -3.04. The van der Waals surface area contributed by atoms with Crippen molar-refractivity contribution in [3.05, 3.63) is 0 Å². The third kappa shape index (κ3) is 5.79. The molecular formula is C14H30N2O2S. The average molecular weight is 290 g/mol. The summed E-state index contributed by atoms with van der Waals surface area (Å²) >= 11 is 0. The lowest BCUT2D eigenvalue weighted by atomic mass is 10.0. The molecule has 1 rings (SSSR count). The van der Waals surface area contributed by atoms with E-state index in [2.05, 4.69) is 11.8 Å². The van der Waals surface area contributed by atoms with Crippen LogP contribution in [0.5, 0.6) is 0 Å². The van der Waals surface area contributed by atoms with Crippen LogP contribution in [0.2, 0.25) is 0 Å². The van der Waals surface area contributed by atoms with Gasteiger partial charge in [0.05, 0.1) is 6.26 Å². The molecule has 0 N–H and O–H groups in total. The van der Waals surface area contributed by atoms with E-state index >= 15 is 0 Å². The van der Waals surface area contributed by atoms with Crippen LogP contribution in [0.4, 0.5) is 0 Å². The highest BCUT2D eigenvalue weighted by Gasteiger charge is 2.28. The van der Waals surface area contributed by atoms with Crippen molar-refractivity contribution in [1.29, 1.82) is 0 Å². The normalized spacial score (nSPS) is 19.2. The van der Waals surface area contributed by atoms with Gasteiger partial charge in [0.2, 0.25) is 10.0 Å². The molecule has 0 atom stereocenters. The smallest absolute Gasteiger partial charge is 0.211 e. The molecule has 0 saturated carbocycles. The fourth-order valence-corrected chi connectivity index (χ4v) is 4.18. The largest absolute Gasteiger partial charge is 0.303 e. The third-order valence-electron chi connectivity index (χ3n) is 4.03. The molecule has 1 heterocycles. The van der Waals surface area contributed by atoms with Crippen molar-refractivity contribution in [1.82, 2.24) is 9.21 Å². The SMILES string of the molecule is CCCCCCN1CCC(N(CC)S(C)(=O)=O)CC1. The van der Waals surface area contributed by atoms with Gasteiger partial charge in [-0.3, -0.25) is 0 Å². The molecule has 0 radical (unpaired) electrons. The van der Waals surface area contributed by atoms with Gasteiger partial charge in [0.25, 0.3) is 0 Å². The van der Waals surface area contributed by atoms with Crippen molar-refractivity contribution in [2.24, 2.45) is 0 Å². The monoisotopic (exact) mass is 290 g/mol. The summed E-state index contributed by atoms with van der Waals surface area (Å²) in [4.78, 5) is 2.49. The van der Waals surface area contributed by atoms with Crippen molar-refractivity contribution >= 4 is 10.0 Å². The Bertz CT molecular complexity index is 335. The molecule has 0 bridgehead atoms. The first kappa shape index (κ1) is 16.9. The lowest BCUT2D eigenvalue weighted by molar-refractivity contribution is 0.159. The Balaban J connectivity index is 2.32. The lowest BCUT2D eigenvalue weighted by Gasteiger charge is -2.36. The van der Waals surface area contributed by atoms with Crippen LogP contribution in [-0.4, -0.2) is 56.1 Å². The fourth-order valence-electron chi connectivity index (χ4n) is 2.96. The molecule has 0 unspecified atom stereocenters. The highest BCUT2D eigenvalue weighted by atomic mass is 32.2. The first-order valence-electron chi connectivity index (χ1n) is 7.68. The molecule has 19 heavy (non-hydrogen) atoms. The molecule has 5 heteroatoms. The Kier molecular flexibility index (Phi) is 7.32. The summed E-state index contributed by atoms with van der Waals surface area (Å²) in [5, 5.41) is 0. The van der Waals surface area contributed by atoms with Gasteiger partial charge in [-0.15, -0.1) is 0 Å². The second kappa shape index (κ2) is 8.22. The zero-order valence-corrected chi connectivity index (χ0v) is 13.6. The van der Waals surface area contributed by atoms with Gasteiger partial charge >= 0.3 is 0 Å². The Morgan fingerprint density at radius 3 is 2.21 bits per heavy atom. The molecule has 1 aliphatic rings. The van der Waals surface area contributed by atoms with Gasteiger partial charge < -0.3 is 4.90 Å². The maximum atomic E-state index is 11.7. The first-order chi connectivity index (χ1) is 8.99. The van der Waals surface area contributed by atoms with Crippen LogP contribution in [0.25, 0.3) is 0 Å². The Morgan fingerprint density at radius 1 is 1.11 bits per heavy atom. The molecule has 0 aromatic heterocycles. The van der Waals surface area contributed by atoms with E-state index in [-0.39, 0.29) is 6.04 Å². The number of hydrogen-bond donors (Lipinski definition) is 0. The van der Waals surface area contributed by atoms with Crippen LogP contribution in [0.15, 0.2) is 0 Å². The molecule has 1 fully saturated rings. The van der Waals surface area contributed by atoms with E-state index in [1.165, 1.54) is 38.5 Å². The predicted molar refractivity (Wildman–Crippen MR) is 80.8 cm³/mol. The summed E-state index contributed by atoms with van der Waals surface area (Å²) in [6.45, 7) is 8.03. The van der Waals surface area contributed by atoms with Gasteiger partial charge in [0, 0.05) is 12.6 Å². The van der Waals surface area contributed by atoms with Crippen molar-refractivity contribution < 1.29 is 8.42 Å². The van der Waals surface area contributed by atoms with Crippen LogP contribution in [0.1, 0.15) is 52.4 Å². The summed E-state index contributed by atoms with van der Waals surface area (Å²) in [6.07, 6.45) is 8.50. The molecule has 0 aromatic rings. The summed E-state index contributed by atoms with van der Waals surface area (Å²) in [5.74, 6) is 0. The zero-order chi connectivity index (χ0) is 14.3. The second-order valence-electron chi connectivity index (χ2n) is 5.60. The van der Waals surface area contributed by atoms with Gasteiger partial charge in [-0.25, -0.2) is 8.42 Å². The minimum absolute atomic E-state index is 0.215. The average Bonchev–Trinajstić information content (AvgIpc) is 2.35. The standard InChI is InChI=1S/C14H30N2O2S/c1-4-6-7-8-11-15-12-9-14(10-13-15)16(5-2)19(3,17)18/h14H,4-13H2,1-3H3. The number of sulfonamides is 1. The van der Waals surface area contributed by atoms with E-state index in [0.29, 0.717) is 6.54 Å². The molecule has 1 saturated heterocycles. The number of likely N-dealkylation sites (tertiary alicyclic amines) is 1. The maximum Gasteiger partial charge on any atom is 0.211 e. The highest BCUT2D eigenvalue weighted by Crippen LogP contribution is 2.19. The number of rotatable bonds is 8. The van der Waals surface area contributed by atoms with Gasteiger partial charge in [-0.1, -0.05) is 33.1 Å². The van der Waals surface area contributed by atoms with E-state index in [9.17, 15) is 8.42 Å². The van der Waals surface area contributed by atoms with Crippen molar-refractivity contribution in [2.45, 2.75) is 58.4 Å². The molecule has 1 aliphatic heterocycles. The minimum Gasteiger partial charge on any atom is -0.303 e. The van der Waals surface area contributed by atoms with E-state index in [0.717, 1.165) is 25.9 Å². The Labute approximate surface area is 119 Å². The van der Waals surface area contributed by atoms with Crippen molar-refractivity contribution in [3.63, 3.8) is 0 Å². The van der Waals surface area contributed by atoms with E-state index in [1.807, 2.05) is 6.92 Å². The van der Waals surface area contributed by atoms with Crippen LogP contribution in [-0.2, 0) is 10.0 Å². The van der Waals surface area contributed by atoms with Crippen molar-refractivity contribution in [2.75, 3.05) is 32.4 Å². The Morgan fingerprint density at radius 2 is 1.74 bits per heavy atom. The number of piperidine rings is 1. The highest BCUT2D eigenvalue weighted by molar-refractivity contribution is 7.88. The topological polar surface area (TPSA) is 40.6 Å². The Hall–Kier alpha value is -0.130. The number of nitrogens with zero attached hydrogens (tertiary/aromatic N) is 2. The zero-order valence-electron chi connectivity index (χ0n) is 12.8. The summed E-state index contributed by atoms with van der Waals surface area (Å²) in [7, 11) is -3.04. The van der Waals surface area contributed by atoms with Crippen LogP contribution < -0.4 is 0 Å².